The van der Waals surface area contributed by atoms with Gasteiger partial charge in [-0.15, -0.1) is 0 Å². The average Bonchev–Trinajstić information content (AvgIpc) is 2.55. The Morgan fingerprint density at radius 3 is 2.25 bits per heavy atom. The third kappa shape index (κ3) is 2.86. The number of pyridine rings is 1. The Kier molecular flexibility index (Phi) is 3.74. The second kappa shape index (κ2) is 6.02. The molecule has 3 rings (SSSR count). The van der Waals surface area contributed by atoms with Crippen LogP contribution in [0.4, 0.5) is 5.69 Å². The normalized spacial score (nSPS) is 10.2. The highest BCUT2D eigenvalue weighted by Crippen LogP contribution is 2.24. The molecule has 2 heteroatoms. The summed E-state index contributed by atoms with van der Waals surface area (Å²) < 4.78 is 0. The standard InChI is InChI=1S/C18H16N2/c1-2-6-15(7-3-1)18-9-5-4-8-16(18)14-20-17-10-12-19-13-11-17/h1-13H,14H2,(H,19,20). The maximum Gasteiger partial charge on any atom is 0.0406 e. The summed E-state index contributed by atoms with van der Waals surface area (Å²) in [5.74, 6) is 0. The summed E-state index contributed by atoms with van der Waals surface area (Å²) in [5.41, 5.74) is 4.90. The molecule has 0 spiro atoms. The van der Waals surface area contributed by atoms with Crippen molar-refractivity contribution in [2.75, 3.05) is 5.32 Å². The van der Waals surface area contributed by atoms with Crippen LogP contribution in [0.5, 0.6) is 0 Å². The molecular formula is C18H16N2. The van der Waals surface area contributed by atoms with Gasteiger partial charge in [-0.1, -0.05) is 54.6 Å². The summed E-state index contributed by atoms with van der Waals surface area (Å²) in [6.45, 7) is 0.801. The number of hydrogen-bond acceptors (Lipinski definition) is 2. The smallest absolute Gasteiger partial charge is 0.0406 e. The molecule has 0 radical (unpaired) electrons. The number of nitrogens with zero attached hydrogens (tertiary/aromatic N) is 1. The Morgan fingerprint density at radius 1 is 0.750 bits per heavy atom. The maximum absolute atomic E-state index is 4.03. The Balaban J connectivity index is 1.84. The highest BCUT2D eigenvalue weighted by molar-refractivity contribution is 5.67. The van der Waals surface area contributed by atoms with Crippen LogP contribution in [-0.4, -0.2) is 4.98 Å². The fourth-order valence-corrected chi connectivity index (χ4v) is 2.24. The molecule has 1 heterocycles. The molecule has 1 aromatic heterocycles. The van der Waals surface area contributed by atoms with Gasteiger partial charge in [-0.3, -0.25) is 4.98 Å². The van der Waals surface area contributed by atoms with Crippen LogP contribution in [0.1, 0.15) is 5.56 Å². The first-order valence-corrected chi connectivity index (χ1v) is 6.71. The average molecular weight is 260 g/mol. The molecule has 0 bridgehead atoms. The van der Waals surface area contributed by atoms with E-state index in [-0.39, 0.29) is 0 Å². The fourth-order valence-electron chi connectivity index (χ4n) is 2.24. The SMILES string of the molecule is c1ccc(-c2ccccc2CNc2ccncc2)cc1. The van der Waals surface area contributed by atoms with E-state index in [0.717, 1.165) is 12.2 Å². The van der Waals surface area contributed by atoms with Gasteiger partial charge >= 0.3 is 0 Å². The Hall–Kier alpha value is -2.61. The van der Waals surface area contributed by atoms with E-state index in [1.807, 2.05) is 18.2 Å². The van der Waals surface area contributed by atoms with Crippen LogP contribution >= 0.6 is 0 Å². The lowest BCUT2D eigenvalue weighted by Crippen LogP contribution is -2.01. The van der Waals surface area contributed by atoms with Gasteiger partial charge in [0, 0.05) is 24.6 Å². The summed E-state index contributed by atoms with van der Waals surface area (Å²) in [6, 6.07) is 22.9. The van der Waals surface area contributed by atoms with E-state index >= 15 is 0 Å². The summed E-state index contributed by atoms with van der Waals surface area (Å²) in [4.78, 5) is 4.03. The van der Waals surface area contributed by atoms with E-state index in [9.17, 15) is 0 Å². The molecule has 0 aliphatic rings. The zero-order chi connectivity index (χ0) is 13.6. The second-order valence-corrected chi connectivity index (χ2v) is 4.61. The van der Waals surface area contributed by atoms with Gasteiger partial charge in [-0.2, -0.15) is 0 Å². The fraction of sp³-hybridized carbons (Fsp3) is 0.0556. The minimum atomic E-state index is 0.801. The molecule has 98 valence electrons. The van der Waals surface area contributed by atoms with Crippen molar-refractivity contribution in [3.63, 3.8) is 0 Å². The molecule has 0 saturated heterocycles. The van der Waals surface area contributed by atoms with Crippen molar-refractivity contribution in [2.45, 2.75) is 6.54 Å². The summed E-state index contributed by atoms with van der Waals surface area (Å²) in [6.07, 6.45) is 3.59. The van der Waals surface area contributed by atoms with Gasteiger partial charge < -0.3 is 5.32 Å². The molecule has 20 heavy (non-hydrogen) atoms. The topological polar surface area (TPSA) is 24.9 Å². The lowest BCUT2D eigenvalue weighted by atomic mass is 10.00. The summed E-state index contributed by atoms with van der Waals surface area (Å²) in [7, 11) is 0. The predicted molar refractivity (Wildman–Crippen MR) is 83.4 cm³/mol. The zero-order valence-corrected chi connectivity index (χ0v) is 11.2. The van der Waals surface area contributed by atoms with Crippen LogP contribution < -0.4 is 5.32 Å². The molecule has 0 amide bonds. The second-order valence-electron chi connectivity index (χ2n) is 4.61. The van der Waals surface area contributed by atoms with Crippen LogP contribution in [0, 0.1) is 0 Å². The van der Waals surface area contributed by atoms with E-state index in [0.29, 0.717) is 0 Å². The molecule has 2 aromatic carbocycles. The van der Waals surface area contributed by atoms with E-state index in [1.165, 1.54) is 16.7 Å². The van der Waals surface area contributed by atoms with Gasteiger partial charge in [0.25, 0.3) is 0 Å². The first-order chi connectivity index (χ1) is 9.93. The van der Waals surface area contributed by atoms with Gasteiger partial charge in [0.15, 0.2) is 0 Å². The number of benzene rings is 2. The number of nitrogens with one attached hydrogen (secondary N) is 1. The Bertz CT molecular complexity index is 663. The predicted octanol–water partition coefficient (Wildman–Crippen LogP) is 4.36. The van der Waals surface area contributed by atoms with Gasteiger partial charge in [0.05, 0.1) is 0 Å². The molecule has 3 aromatic rings. The third-order valence-electron chi connectivity index (χ3n) is 3.27. The number of anilines is 1. The lowest BCUT2D eigenvalue weighted by Gasteiger charge is -2.11. The van der Waals surface area contributed by atoms with Crippen molar-refractivity contribution < 1.29 is 0 Å². The van der Waals surface area contributed by atoms with E-state index in [4.69, 9.17) is 0 Å². The molecule has 1 N–H and O–H groups in total. The highest BCUT2D eigenvalue weighted by Gasteiger charge is 2.03. The molecule has 0 fully saturated rings. The monoisotopic (exact) mass is 260 g/mol. The maximum atomic E-state index is 4.03. The highest BCUT2D eigenvalue weighted by atomic mass is 14.9. The van der Waals surface area contributed by atoms with Crippen molar-refractivity contribution in [1.82, 2.24) is 4.98 Å². The van der Waals surface area contributed by atoms with Gasteiger partial charge in [0.1, 0.15) is 0 Å². The van der Waals surface area contributed by atoms with E-state index in [1.54, 1.807) is 12.4 Å². The number of aromatic nitrogens is 1. The van der Waals surface area contributed by atoms with Crippen molar-refractivity contribution in [3.05, 3.63) is 84.7 Å². The van der Waals surface area contributed by atoms with E-state index in [2.05, 4.69) is 58.8 Å². The number of hydrogen-bond donors (Lipinski definition) is 1. The Morgan fingerprint density at radius 2 is 1.45 bits per heavy atom. The minimum absolute atomic E-state index is 0.801. The zero-order valence-electron chi connectivity index (χ0n) is 11.2. The van der Waals surface area contributed by atoms with Crippen LogP contribution in [-0.2, 0) is 6.54 Å². The molecule has 0 unspecified atom stereocenters. The molecule has 0 aliphatic heterocycles. The van der Waals surface area contributed by atoms with Gasteiger partial charge in [-0.05, 0) is 28.8 Å². The molecule has 0 atom stereocenters. The van der Waals surface area contributed by atoms with Crippen LogP contribution in [0.3, 0.4) is 0 Å². The minimum Gasteiger partial charge on any atom is -0.381 e. The van der Waals surface area contributed by atoms with Crippen LogP contribution in [0.15, 0.2) is 79.1 Å². The molecule has 0 aliphatic carbocycles. The van der Waals surface area contributed by atoms with Gasteiger partial charge in [0.2, 0.25) is 0 Å². The largest absolute Gasteiger partial charge is 0.381 e. The summed E-state index contributed by atoms with van der Waals surface area (Å²) >= 11 is 0. The van der Waals surface area contributed by atoms with E-state index < -0.39 is 0 Å². The van der Waals surface area contributed by atoms with Crippen molar-refractivity contribution >= 4 is 5.69 Å². The Labute approximate surface area is 119 Å². The van der Waals surface area contributed by atoms with Crippen molar-refractivity contribution in [3.8, 4) is 11.1 Å². The molecule has 2 nitrogen and oxygen atoms in total. The van der Waals surface area contributed by atoms with Crippen LogP contribution in [0.2, 0.25) is 0 Å². The first-order valence-electron chi connectivity index (χ1n) is 6.71. The number of rotatable bonds is 4. The van der Waals surface area contributed by atoms with Gasteiger partial charge in [-0.25, -0.2) is 0 Å². The quantitative estimate of drug-likeness (QED) is 0.754. The van der Waals surface area contributed by atoms with Crippen molar-refractivity contribution in [2.24, 2.45) is 0 Å². The van der Waals surface area contributed by atoms with Crippen molar-refractivity contribution in [1.29, 1.82) is 0 Å². The molecule has 0 saturated carbocycles. The lowest BCUT2D eigenvalue weighted by molar-refractivity contribution is 1.14. The van der Waals surface area contributed by atoms with Crippen LogP contribution in [0.25, 0.3) is 11.1 Å². The third-order valence-corrected chi connectivity index (χ3v) is 3.27. The summed E-state index contributed by atoms with van der Waals surface area (Å²) in [5, 5.41) is 3.43. The molecular weight excluding hydrogens is 244 g/mol. The first kappa shape index (κ1) is 12.4.